The van der Waals surface area contributed by atoms with Crippen molar-refractivity contribution in [1.29, 1.82) is 0 Å². The van der Waals surface area contributed by atoms with Crippen LogP contribution in [-0.4, -0.2) is 34.4 Å². The van der Waals surface area contributed by atoms with Crippen LogP contribution in [-0.2, 0) is 17.7 Å². The molecule has 152 valence electrons. The highest BCUT2D eigenvalue weighted by atomic mass is 16.5. The van der Waals surface area contributed by atoms with Gasteiger partial charge in [0.15, 0.2) is 5.69 Å². The van der Waals surface area contributed by atoms with Crippen molar-refractivity contribution >= 4 is 11.9 Å². The van der Waals surface area contributed by atoms with Crippen molar-refractivity contribution in [2.24, 2.45) is 0 Å². The van der Waals surface area contributed by atoms with Crippen LogP contribution in [0.3, 0.4) is 0 Å². The number of carbonyl (C=O) groups excluding carboxylic acids is 2. The highest BCUT2D eigenvalue weighted by Crippen LogP contribution is 2.21. The lowest BCUT2D eigenvalue weighted by Gasteiger charge is -2.35. The molecule has 0 unspecified atom stereocenters. The first-order chi connectivity index (χ1) is 13.3. The summed E-state index contributed by atoms with van der Waals surface area (Å²) >= 11 is 0. The van der Waals surface area contributed by atoms with Gasteiger partial charge in [0.2, 0.25) is 5.89 Å². The van der Waals surface area contributed by atoms with Crippen molar-refractivity contribution in [1.82, 2.24) is 9.88 Å². The average Bonchev–Trinajstić information content (AvgIpc) is 3.13. The number of amides is 1. The monoisotopic (exact) mass is 386 g/mol. The molecule has 2 aromatic rings. The Morgan fingerprint density at radius 2 is 1.82 bits per heavy atom. The first-order valence-corrected chi connectivity index (χ1v) is 9.70. The number of hydrogen-bond acceptors (Lipinski definition) is 5. The molecule has 1 aromatic carbocycles. The van der Waals surface area contributed by atoms with Gasteiger partial charge in [0, 0.05) is 11.1 Å². The van der Waals surface area contributed by atoms with E-state index < -0.39 is 11.5 Å². The van der Waals surface area contributed by atoms with Crippen LogP contribution >= 0.6 is 0 Å². The van der Waals surface area contributed by atoms with Crippen LogP contribution in [0.25, 0.3) is 0 Å². The summed E-state index contributed by atoms with van der Waals surface area (Å²) in [6.07, 6.45) is 5.83. The van der Waals surface area contributed by atoms with Gasteiger partial charge in [-0.3, -0.25) is 4.79 Å². The molecule has 0 saturated heterocycles. The summed E-state index contributed by atoms with van der Waals surface area (Å²) in [5.41, 5.74) is 1.50. The molecule has 1 amide bonds. The number of hydrogen-bond donors (Lipinski definition) is 0. The Kier molecular flexibility index (Phi) is 7.38. The molecule has 28 heavy (non-hydrogen) atoms. The second-order valence-electron chi connectivity index (χ2n) is 7.83. The maximum absolute atomic E-state index is 13.1. The van der Waals surface area contributed by atoms with Crippen LogP contribution < -0.4 is 0 Å². The van der Waals surface area contributed by atoms with Gasteiger partial charge in [0.25, 0.3) is 5.91 Å². The summed E-state index contributed by atoms with van der Waals surface area (Å²) in [6.45, 7) is 8.21. The molecule has 6 heteroatoms. The molecule has 0 aliphatic rings. The zero-order chi connectivity index (χ0) is 20.7. The summed E-state index contributed by atoms with van der Waals surface area (Å²) < 4.78 is 10.0. The summed E-state index contributed by atoms with van der Waals surface area (Å²) in [5, 5.41) is 0. The van der Waals surface area contributed by atoms with Crippen molar-refractivity contribution in [3.63, 3.8) is 0 Å². The summed E-state index contributed by atoms with van der Waals surface area (Å²) in [6, 6.07) is 7.78. The van der Waals surface area contributed by atoms with Gasteiger partial charge in [0.05, 0.1) is 13.7 Å². The standard InChI is InChI=1S/C22H30N2O4/c1-6-7-8-9-16-10-12-17(13-11-16)20(25)24(22(2,3)4)14-19-23-18(15-28-19)21(26)27-5/h10-13,15H,6-9,14H2,1-5H3. The lowest BCUT2D eigenvalue weighted by Crippen LogP contribution is -2.45. The number of carbonyl (C=O) groups is 2. The van der Waals surface area contributed by atoms with E-state index in [2.05, 4.69) is 16.6 Å². The minimum absolute atomic E-state index is 0.0928. The average molecular weight is 386 g/mol. The largest absolute Gasteiger partial charge is 0.464 e. The van der Waals surface area contributed by atoms with Gasteiger partial charge in [-0.2, -0.15) is 0 Å². The van der Waals surface area contributed by atoms with Gasteiger partial charge in [-0.25, -0.2) is 9.78 Å². The molecule has 6 nitrogen and oxygen atoms in total. The molecule has 0 radical (unpaired) electrons. The number of rotatable bonds is 8. The Bertz CT molecular complexity index is 788. The lowest BCUT2D eigenvalue weighted by atomic mass is 10.0. The van der Waals surface area contributed by atoms with E-state index in [1.54, 1.807) is 4.90 Å². The molecule has 1 heterocycles. The van der Waals surface area contributed by atoms with Crippen LogP contribution in [0.1, 0.15) is 79.3 Å². The highest BCUT2D eigenvalue weighted by molar-refractivity contribution is 5.94. The van der Waals surface area contributed by atoms with Crippen LogP contribution in [0.15, 0.2) is 34.9 Å². The number of esters is 1. The molecule has 0 bridgehead atoms. The summed E-state index contributed by atoms with van der Waals surface area (Å²) in [4.78, 5) is 30.5. The van der Waals surface area contributed by atoms with Crippen LogP contribution in [0.2, 0.25) is 0 Å². The number of ether oxygens (including phenoxy) is 1. The topological polar surface area (TPSA) is 72.6 Å². The lowest BCUT2D eigenvalue weighted by molar-refractivity contribution is 0.0532. The van der Waals surface area contributed by atoms with E-state index in [0.717, 1.165) is 12.8 Å². The Morgan fingerprint density at radius 3 is 2.39 bits per heavy atom. The SMILES string of the molecule is CCCCCc1ccc(C(=O)N(Cc2nc(C(=O)OC)co2)C(C)(C)C)cc1. The number of unbranched alkanes of at least 4 members (excludes halogenated alkanes) is 2. The molecule has 0 atom stereocenters. The number of aryl methyl sites for hydroxylation is 1. The summed E-state index contributed by atoms with van der Waals surface area (Å²) in [5.74, 6) is -0.382. The Hall–Kier alpha value is -2.63. The van der Waals surface area contributed by atoms with Gasteiger partial charge in [-0.05, 0) is 51.3 Å². The normalized spacial score (nSPS) is 11.3. The van der Waals surface area contributed by atoms with E-state index in [9.17, 15) is 9.59 Å². The molecule has 0 N–H and O–H groups in total. The maximum Gasteiger partial charge on any atom is 0.360 e. The molecule has 0 aliphatic carbocycles. The minimum atomic E-state index is -0.567. The first-order valence-electron chi connectivity index (χ1n) is 9.70. The number of benzene rings is 1. The third-order valence-electron chi connectivity index (χ3n) is 4.56. The first kappa shape index (κ1) is 21.7. The predicted octanol–water partition coefficient (Wildman–Crippen LogP) is 4.63. The molecule has 0 spiro atoms. The quantitative estimate of drug-likeness (QED) is 0.488. The zero-order valence-electron chi connectivity index (χ0n) is 17.4. The molecule has 0 saturated carbocycles. The van der Waals surface area contributed by atoms with Gasteiger partial charge in [-0.15, -0.1) is 0 Å². The molecule has 2 rings (SSSR count). The second kappa shape index (κ2) is 9.53. The van der Waals surface area contributed by atoms with Crippen molar-refractivity contribution in [3.05, 3.63) is 53.2 Å². The van der Waals surface area contributed by atoms with E-state index in [1.165, 1.54) is 31.8 Å². The Morgan fingerprint density at radius 1 is 1.14 bits per heavy atom. The molecular weight excluding hydrogens is 356 g/mol. The number of oxazole rings is 1. The van der Waals surface area contributed by atoms with Gasteiger partial charge in [0.1, 0.15) is 6.26 Å². The third-order valence-corrected chi connectivity index (χ3v) is 4.56. The van der Waals surface area contributed by atoms with E-state index in [4.69, 9.17) is 4.42 Å². The zero-order valence-corrected chi connectivity index (χ0v) is 17.4. The Labute approximate surface area is 166 Å². The van der Waals surface area contributed by atoms with E-state index in [0.29, 0.717) is 11.5 Å². The molecule has 0 fully saturated rings. The van der Waals surface area contributed by atoms with Gasteiger partial charge < -0.3 is 14.1 Å². The maximum atomic E-state index is 13.1. The van der Waals surface area contributed by atoms with Crippen molar-refractivity contribution < 1.29 is 18.7 Å². The van der Waals surface area contributed by atoms with E-state index in [1.807, 2.05) is 45.0 Å². The number of aromatic nitrogens is 1. The van der Waals surface area contributed by atoms with Crippen molar-refractivity contribution in [3.8, 4) is 0 Å². The van der Waals surface area contributed by atoms with Gasteiger partial charge >= 0.3 is 5.97 Å². The van der Waals surface area contributed by atoms with Crippen LogP contribution in [0, 0.1) is 0 Å². The van der Waals surface area contributed by atoms with Crippen LogP contribution in [0.5, 0.6) is 0 Å². The summed E-state index contributed by atoms with van der Waals surface area (Å²) in [7, 11) is 1.29. The fraction of sp³-hybridized carbons (Fsp3) is 0.500. The van der Waals surface area contributed by atoms with E-state index >= 15 is 0 Å². The molecule has 0 aliphatic heterocycles. The fourth-order valence-corrected chi connectivity index (χ4v) is 2.88. The fourth-order valence-electron chi connectivity index (χ4n) is 2.88. The highest BCUT2D eigenvalue weighted by Gasteiger charge is 2.29. The third kappa shape index (κ3) is 5.68. The van der Waals surface area contributed by atoms with Crippen molar-refractivity contribution in [2.75, 3.05) is 7.11 Å². The smallest absolute Gasteiger partial charge is 0.360 e. The second-order valence-corrected chi connectivity index (χ2v) is 7.83. The number of methoxy groups -OCH3 is 1. The van der Waals surface area contributed by atoms with E-state index in [-0.39, 0.29) is 18.1 Å². The van der Waals surface area contributed by atoms with Crippen LogP contribution in [0.4, 0.5) is 0 Å². The Balaban J connectivity index is 2.15. The minimum Gasteiger partial charge on any atom is -0.464 e. The molecular formula is C22H30N2O4. The van der Waals surface area contributed by atoms with Gasteiger partial charge in [-0.1, -0.05) is 31.9 Å². The molecule has 1 aromatic heterocycles. The number of nitrogens with zero attached hydrogens (tertiary/aromatic N) is 2. The predicted molar refractivity (Wildman–Crippen MR) is 107 cm³/mol. The van der Waals surface area contributed by atoms with Crippen molar-refractivity contribution in [2.45, 2.75) is 65.5 Å².